The third kappa shape index (κ3) is 6.26. The van der Waals surface area contributed by atoms with Gasteiger partial charge in [0.1, 0.15) is 11.5 Å². The maximum absolute atomic E-state index is 12.6. The fourth-order valence-corrected chi connectivity index (χ4v) is 4.20. The Bertz CT molecular complexity index is 1190. The number of rotatable bonds is 9. The summed E-state index contributed by atoms with van der Waals surface area (Å²) in [5, 5.41) is 2.76. The average molecular weight is 469 g/mol. The van der Waals surface area contributed by atoms with Crippen LogP contribution in [-0.4, -0.2) is 27.5 Å². The van der Waals surface area contributed by atoms with Crippen molar-refractivity contribution >= 4 is 27.3 Å². The molecular formula is C25H28N2O5S. The largest absolute Gasteiger partial charge is 0.497 e. The molecule has 0 bridgehead atoms. The van der Waals surface area contributed by atoms with E-state index in [2.05, 4.69) is 23.9 Å². The van der Waals surface area contributed by atoms with E-state index in [0.717, 1.165) is 5.56 Å². The van der Waals surface area contributed by atoms with Gasteiger partial charge in [0.25, 0.3) is 15.9 Å². The molecule has 33 heavy (non-hydrogen) atoms. The highest BCUT2D eigenvalue weighted by atomic mass is 32.2. The van der Waals surface area contributed by atoms with Gasteiger partial charge in [0.2, 0.25) is 0 Å². The van der Waals surface area contributed by atoms with Crippen LogP contribution in [0.1, 0.15) is 32.3 Å². The van der Waals surface area contributed by atoms with Gasteiger partial charge in [-0.1, -0.05) is 32.0 Å². The summed E-state index contributed by atoms with van der Waals surface area (Å²) in [6.45, 7) is 5.79. The number of hydrogen-bond donors (Lipinski definition) is 2. The molecular weight excluding hydrogens is 440 g/mol. The van der Waals surface area contributed by atoms with Crippen LogP contribution in [0.5, 0.6) is 11.5 Å². The van der Waals surface area contributed by atoms with Crippen LogP contribution in [0.2, 0.25) is 0 Å². The fourth-order valence-electron chi connectivity index (χ4n) is 3.14. The number of hydrogen-bond acceptors (Lipinski definition) is 5. The first kappa shape index (κ1) is 24.1. The van der Waals surface area contributed by atoms with Gasteiger partial charge in [0.05, 0.1) is 12.0 Å². The number of amides is 1. The van der Waals surface area contributed by atoms with Crippen molar-refractivity contribution in [3.05, 3.63) is 78.4 Å². The highest BCUT2D eigenvalue weighted by Gasteiger charge is 2.18. The molecule has 0 spiro atoms. The Balaban J connectivity index is 1.64. The minimum absolute atomic E-state index is 0.0754. The summed E-state index contributed by atoms with van der Waals surface area (Å²) in [4.78, 5) is 12.7. The van der Waals surface area contributed by atoms with Crippen LogP contribution in [0.25, 0.3) is 0 Å². The van der Waals surface area contributed by atoms with Gasteiger partial charge in [-0.2, -0.15) is 0 Å². The van der Waals surface area contributed by atoms with Crippen molar-refractivity contribution < 1.29 is 22.7 Å². The van der Waals surface area contributed by atoms with Crippen molar-refractivity contribution in [2.75, 3.05) is 17.1 Å². The smallest absolute Gasteiger partial charge is 0.265 e. The van der Waals surface area contributed by atoms with E-state index < -0.39 is 16.1 Å². The predicted molar refractivity (Wildman–Crippen MR) is 129 cm³/mol. The van der Waals surface area contributed by atoms with Crippen LogP contribution < -0.4 is 19.5 Å². The fraction of sp³-hybridized carbons (Fsp3) is 0.240. The molecule has 0 fully saturated rings. The number of carbonyl (C=O) groups excluding carboxylic acids is 1. The highest BCUT2D eigenvalue weighted by molar-refractivity contribution is 7.92. The lowest BCUT2D eigenvalue weighted by Crippen LogP contribution is -2.30. The molecule has 0 aliphatic rings. The van der Waals surface area contributed by atoms with Crippen LogP contribution in [0, 0.1) is 0 Å². The van der Waals surface area contributed by atoms with Crippen molar-refractivity contribution in [3.63, 3.8) is 0 Å². The van der Waals surface area contributed by atoms with Crippen LogP contribution in [0.4, 0.5) is 11.4 Å². The van der Waals surface area contributed by atoms with E-state index in [1.54, 1.807) is 31.2 Å². The second-order valence-electron chi connectivity index (χ2n) is 7.80. The van der Waals surface area contributed by atoms with E-state index in [1.165, 1.54) is 31.4 Å². The van der Waals surface area contributed by atoms with E-state index in [-0.39, 0.29) is 16.7 Å². The molecule has 0 aliphatic carbocycles. The first-order valence-electron chi connectivity index (χ1n) is 10.5. The van der Waals surface area contributed by atoms with Crippen LogP contribution in [-0.2, 0) is 14.8 Å². The summed E-state index contributed by atoms with van der Waals surface area (Å²) in [6.07, 6.45) is -0.731. The minimum atomic E-state index is -3.78. The second-order valence-corrected chi connectivity index (χ2v) is 9.48. The Hall–Kier alpha value is -3.52. The molecule has 0 heterocycles. The SMILES string of the molecule is COc1ccc(NS(=O)(=O)c2ccc(NC(=O)[C@@H](C)Oc3ccccc3C(C)C)cc2)cc1. The highest BCUT2D eigenvalue weighted by Crippen LogP contribution is 2.27. The zero-order chi connectivity index (χ0) is 24.0. The standard InChI is InChI=1S/C25H28N2O5S/c1-17(2)23-7-5-6-8-24(23)32-18(3)25(28)26-19-11-15-22(16-12-19)33(29,30)27-20-9-13-21(31-4)14-10-20/h5-18,27H,1-4H3,(H,26,28)/t18-/m1/s1. The number of benzene rings is 3. The Labute approximate surface area is 194 Å². The van der Waals surface area contributed by atoms with E-state index in [9.17, 15) is 13.2 Å². The van der Waals surface area contributed by atoms with Crippen molar-refractivity contribution in [1.82, 2.24) is 0 Å². The molecule has 3 rings (SSSR count). The van der Waals surface area contributed by atoms with E-state index >= 15 is 0 Å². The van der Waals surface area contributed by atoms with Gasteiger partial charge in [0, 0.05) is 11.4 Å². The molecule has 0 aromatic heterocycles. The summed E-state index contributed by atoms with van der Waals surface area (Å²) >= 11 is 0. The Morgan fingerprint density at radius 3 is 2.06 bits per heavy atom. The maximum atomic E-state index is 12.6. The van der Waals surface area contributed by atoms with E-state index in [0.29, 0.717) is 22.9 Å². The van der Waals surface area contributed by atoms with Gasteiger partial charge in [-0.05, 0) is 73.0 Å². The lowest BCUT2D eigenvalue weighted by Gasteiger charge is -2.18. The molecule has 8 heteroatoms. The molecule has 174 valence electrons. The second kappa shape index (κ2) is 10.4. The maximum Gasteiger partial charge on any atom is 0.265 e. The molecule has 2 N–H and O–H groups in total. The molecule has 3 aromatic carbocycles. The number of carbonyl (C=O) groups is 1. The predicted octanol–water partition coefficient (Wildman–Crippen LogP) is 5.03. The normalized spacial score (nSPS) is 12.2. The number of ether oxygens (including phenoxy) is 2. The summed E-state index contributed by atoms with van der Waals surface area (Å²) in [5.74, 6) is 1.23. The van der Waals surface area contributed by atoms with Gasteiger partial charge in [-0.3, -0.25) is 9.52 Å². The monoisotopic (exact) mass is 468 g/mol. The lowest BCUT2D eigenvalue weighted by molar-refractivity contribution is -0.122. The van der Waals surface area contributed by atoms with Crippen molar-refractivity contribution in [2.45, 2.75) is 37.7 Å². The molecule has 1 amide bonds. The Kier molecular flexibility index (Phi) is 7.60. The first-order valence-corrected chi connectivity index (χ1v) is 12.0. The van der Waals surface area contributed by atoms with Crippen LogP contribution in [0.3, 0.4) is 0 Å². The molecule has 0 saturated heterocycles. The molecule has 1 atom stereocenters. The van der Waals surface area contributed by atoms with Crippen molar-refractivity contribution in [3.8, 4) is 11.5 Å². The average Bonchev–Trinajstić information content (AvgIpc) is 2.80. The number of para-hydroxylation sites is 1. The molecule has 0 saturated carbocycles. The van der Waals surface area contributed by atoms with E-state index in [1.807, 2.05) is 24.3 Å². The van der Waals surface area contributed by atoms with E-state index in [4.69, 9.17) is 9.47 Å². The quantitative estimate of drug-likeness (QED) is 0.460. The Morgan fingerprint density at radius 1 is 0.848 bits per heavy atom. The topological polar surface area (TPSA) is 93.7 Å². The summed E-state index contributed by atoms with van der Waals surface area (Å²) < 4.78 is 38.7. The molecule has 3 aromatic rings. The number of methoxy groups -OCH3 is 1. The van der Waals surface area contributed by atoms with Crippen molar-refractivity contribution in [1.29, 1.82) is 0 Å². The third-order valence-electron chi connectivity index (χ3n) is 4.99. The molecule has 7 nitrogen and oxygen atoms in total. The zero-order valence-corrected chi connectivity index (χ0v) is 19.8. The van der Waals surface area contributed by atoms with Gasteiger partial charge >= 0.3 is 0 Å². The molecule has 0 radical (unpaired) electrons. The summed E-state index contributed by atoms with van der Waals surface area (Å²) in [6, 6.07) is 20.1. The van der Waals surface area contributed by atoms with Gasteiger partial charge in [-0.15, -0.1) is 0 Å². The van der Waals surface area contributed by atoms with Crippen LogP contribution >= 0.6 is 0 Å². The van der Waals surface area contributed by atoms with Gasteiger partial charge in [0.15, 0.2) is 6.10 Å². The van der Waals surface area contributed by atoms with Crippen molar-refractivity contribution in [2.24, 2.45) is 0 Å². The Morgan fingerprint density at radius 2 is 1.45 bits per heavy atom. The summed E-state index contributed by atoms with van der Waals surface area (Å²) in [5.41, 5.74) is 1.91. The number of sulfonamides is 1. The minimum Gasteiger partial charge on any atom is -0.497 e. The molecule has 0 unspecified atom stereocenters. The lowest BCUT2D eigenvalue weighted by atomic mass is 10.0. The molecule has 0 aliphatic heterocycles. The number of nitrogens with one attached hydrogen (secondary N) is 2. The van der Waals surface area contributed by atoms with Crippen LogP contribution in [0.15, 0.2) is 77.7 Å². The number of anilines is 2. The third-order valence-corrected chi connectivity index (χ3v) is 6.39. The van der Waals surface area contributed by atoms with Gasteiger partial charge in [-0.25, -0.2) is 8.42 Å². The summed E-state index contributed by atoms with van der Waals surface area (Å²) in [7, 11) is -2.24. The first-order chi connectivity index (χ1) is 15.7. The zero-order valence-electron chi connectivity index (χ0n) is 19.0. The van der Waals surface area contributed by atoms with Gasteiger partial charge < -0.3 is 14.8 Å².